The summed E-state index contributed by atoms with van der Waals surface area (Å²) in [6, 6.07) is 11.2. The molecule has 0 amide bonds. The predicted molar refractivity (Wildman–Crippen MR) is 90.5 cm³/mol. The Hall–Kier alpha value is -2.93. The number of hydrogen-bond donors (Lipinski definition) is 1. The van der Waals surface area contributed by atoms with E-state index in [1.165, 1.54) is 0 Å². The molecule has 0 bridgehead atoms. The molecule has 4 aromatic rings. The van der Waals surface area contributed by atoms with E-state index in [2.05, 4.69) is 20.3 Å². The Morgan fingerprint density at radius 2 is 2.08 bits per heavy atom. The second-order valence-electron chi connectivity index (χ2n) is 5.39. The van der Waals surface area contributed by atoms with Crippen LogP contribution in [-0.2, 0) is 6.54 Å². The fourth-order valence-corrected chi connectivity index (χ4v) is 2.73. The normalized spacial score (nSPS) is 11.2. The van der Waals surface area contributed by atoms with Gasteiger partial charge < -0.3 is 10.2 Å². The van der Waals surface area contributed by atoms with E-state index < -0.39 is 0 Å². The number of furan rings is 1. The first-order valence-corrected chi connectivity index (χ1v) is 7.66. The van der Waals surface area contributed by atoms with E-state index in [4.69, 9.17) is 21.8 Å². The minimum Gasteiger partial charge on any atom is -0.460 e. The van der Waals surface area contributed by atoms with E-state index in [0.29, 0.717) is 34.2 Å². The lowest BCUT2D eigenvalue weighted by molar-refractivity contribution is 0.547. The first-order chi connectivity index (χ1) is 11.6. The summed E-state index contributed by atoms with van der Waals surface area (Å²) in [5.41, 5.74) is 8.47. The van der Waals surface area contributed by atoms with Crippen molar-refractivity contribution >= 4 is 28.7 Å². The van der Waals surface area contributed by atoms with Gasteiger partial charge in [0.1, 0.15) is 11.5 Å². The summed E-state index contributed by atoms with van der Waals surface area (Å²) in [5, 5.41) is 9.05. The molecule has 1 aromatic carbocycles. The van der Waals surface area contributed by atoms with E-state index in [-0.39, 0.29) is 5.95 Å². The van der Waals surface area contributed by atoms with Crippen LogP contribution in [0.2, 0.25) is 5.02 Å². The molecule has 7 nitrogen and oxygen atoms in total. The summed E-state index contributed by atoms with van der Waals surface area (Å²) < 4.78 is 7.30. The van der Waals surface area contributed by atoms with Crippen LogP contribution in [0.4, 0.5) is 5.95 Å². The van der Waals surface area contributed by atoms with Gasteiger partial charge in [0.2, 0.25) is 5.95 Å². The zero-order valence-electron chi connectivity index (χ0n) is 12.8. The second kappa shape index (κ2) is 5.61. The molecule has 0 aliphatic carbocycles. The number of halogens is 1. The SMILES string of the molecule is Cc1ccc(-c2nc(N)nc3c2nnn3Cc2cccc(Cl)c2)o1. The molecular weight excluding hydrogens is 328 g/mol. The highest BCUT2D eigenvalue weighted by molar-refractivity contribution is 6.30. The Bertz CT molecular complexity index is 1040. The monoisotopic (exact) mass is 340 g/mol. The van der Waals surface area contributed by atoms with Crippen molar-refractivity contribution in [1.29, 1.82) is 0 Å². The lowest BCUT2D eigenvalue weighted by atomic mass is 10.2. The lowest BCUT2D eigenvalue weighted by Gasteiger charge is -2.04. The van der Waals surface area contributed by atoms with Crippen molar-refractivity contribution in [2.24, 2.45) is 0 Å². The number of aromatic nitrogens is 5. The van der Waals surface area contributed by atoms with Crippen LogP contribution < -0.4 is 5.73 Å². The first-order valence-electron chi connectivity index (χ1n) is 7.28. The van der Waals surface area contributed by atoms with Gasteiger partial charge in [-0.15, -0.1) is 5.10 Å². The number of aryl methyl sites for hydroxylation is 1. The quantitative estimate of drug-likeness (QED) is 0.615. The van der Waals surface area contributed by atoms with Crippen molar-refractivity contribution in [2.45, 2.75) is 13.5 Å². The van der Waals surface area contributed by atoms with Gasteiger partial charge in [0, 0.05) is 5.02 Å². The van der Waals surface area contributed by atoms with Crippen molar-refractivity contribution in [2.75, 3.05) is 5.73 Å². The molecule has 24 heavy (non-hydrogen) atoms. The Labute approximate surface area is 142 Å². The number of fused-ring (bicyclic) bond motifs is 1. The van der Waals surface area contributed by atoms with Gasteiger partial charge in [-0.1, -0.05) is 28.9 Å². The number of anilines is 1. The molecule has 0 aliphatic heterocycles. The molecule has 0 atom stereocenters. The second-order valence-corrected chi connectivity index (χ2v) is 5.83. The molecule has 4 rings (SSSR count). The van der Waals surface area contributed by atoms with Crippen LogP contribution in [0.3, 0.4) is 0 Å². The topological polar surface area (TPSA) is 95.6 Å². The van der Waals surface area contributed by atoms with E-state index >= 15 is 0 Å². The molecule has 0 unspecified atom stereocenters. The number of rotatable bonds is 3. The van der Waals surface area contributed by atoms with Gasteiger partial charge >= 0.3 is 0 Å². The number of hydrogen-bond acceptors (Lipinski definition) is 6. The highest BCUT2D eigenvalue weighted by Gasteiger charge is 2.17. The third kappa shape index (κ3) is 2.59. The molecule has 0 fully saturated rings. The summed E-state index contributed by atoms with van der Waals surface area (Å²) in [4.78, 5) is 8.53. The molecule has 0 aliphatic rings. The molecule has 0 spiro atoms. The van der Waals surface area contributed by atoms with Crippen molar-refractivity contribution in [3.8, 4) is 11.5 Å². The maximum atomic E-state index is 6.03. The first kappa shape index (κ1) is 14.6. The van der Waals surface area contributed by atoms with Gasteiger partial charge in [0.15, 0.2) is 16.9 Å². The minimum atomic E-state index is 0.140. The van der Waals surface area contributed by atoms with Gasteiger partial charge in [-0.3, -0.25) is 0 Å². The van der Waals surface area contributed by atoms with Crippen LogP contribution in [-0.4, -0.2) is 25.0 Å². The number of nitrogens with two attached hydrogens (primary N) is 1. The number of nitrogens with zero attached hydrogens (tertiary/aromatic N) is 5. The summed E-state index contributed by atoms with van der Waals surface area (Å²) in [7, 11) is 0. The molecule has 3 aromatic heterocycles. The third-order valence-corrected chi connectivity index (χ3v) is 3.81. The van der Waals surface area contributed by atoms with Crippen LogP contribution in [0.25, 0.3) is 22.6 Å². The molecular formula is C16H13ClN6O. The Balaban J connectivity index is 1.83. The smallest absolute Gasteiger partial charge is 0.222 e. The molecule has 3 heterocycles. The van der Waals surface area contributed by atoms with E-state index in [1.54, 1.807) is 4.68 Å². The molecule has 2 N–H and O–H groups in total. The van der Waals surface area contributed by atoms with E-state index in [0.717, 1.165) is 11.3 Å². The average Bonchev–Trinajstić information content (AvgIpc) is 3.14. The lowest BCUT2D eigenvalue weighted by Crippen LogP contribution is -2.05. The molecule has 8 heteroatoms. The Kier molecular flexibility index (Phi) is 3.42. The van der Waals surface area contributed by atoms with E-state index in [9.17, 15) is 0 Å². The molecule has 0 saturated carbocycles. The number of nitrogen functional groups attached to an aromatic ring is 1. The summed E-state index contributed by atoms with van der Waals surface area (Å²) in [6.45, 7) is 2.34. The van der Waals surface area contributed by atoms with E-state index in [1.807, 2.05) is 43.3 Å². The standard InChI is InChI=1S/C16H13ClN6O/c1-9-5-6-12(24-9)13-14-15(20-16(18)19-13)23(22-21-14)8-10-3-2-4-11(17)7-10/h2-7H,8H2,1H3,(H2,18,19,20). The van der Waals surface area contributed by atoms with Crippen LogP contribution >= 0.6 is 11.6 Å². The van der Waals surface area contributed by atoms with Gasteiger partial charge in [0.05, 0.1) is 6.54 Å². The summed E-state index contributed by atoms with van der Waals surface area (Å²) >= 11 is 6.03. The Morgan fingerprint density at radius 3 is 2.83 bits per heavy atom. The van der Waals surface area contributed by atoms with Gasteiger partial charge in [0.25, 0.3) is 0 Å². The van der Waals surface area contributed by atoms with Crippen molar-refractivity contribution in [3.05, 3.63) is 52.7 Å². The average molecular weight is 341 g/mol. The van der Waals surface area contributed by atoms with Crippen LogP contribution in [0.5, 0.6) is 0 Å². The van der Waals surface area contributed by atoms with Crippen LogP contribution in [0.1, 0.15) is 11.3 Å². The zero-order valence-corrected chi connectivity index (χ0v) is 13.5. The Morgan fingerprint density at radius 1 is 1.21 bits per heavy atom. The van der Waals surface area contributed by atoms with Crippen molar-refractivity contribution in [1.82, 2.24) is 25.0 Å². The van der Waals surface area contributed by atoms with Gasteiger partial charge in [-0.05, 0) is 36.8 Å². The largest absolute Gasteiger partial charge is 0.460 e. The molecule has 0 radical (unpaired) electrons. The maximum absolute atomic E-state index is 6.03. The minimum absolute atomic E-state index is 0.140. The molecule has 120 valence electrons. The maximum Gasteiger partial charge on any atom is 0.222 e. The zero-order chi connectivity index (χ0) is 16.7. The van der Waals surface area contributed by atoms with Gasteiger partial charge in [-0.2, -0.15) is 4.98 Å². The van der Waals surface area contributed by atoms with Gasteiger partial charge in [-0.25, -0.2) is 9.67 Å². The van der Waals surface area contributed by atoms with Crippen molar-refractivity contribution < 1.29 is 4.42 Å². The highest BCUT2D eigenvalue weighted by atomic mass is 35.5. The fourth-order valence-electron chi connectivity index (χ4n) is 2.52. The highest BCUT2D eigenvalue weighted by Crippen LogP contribution is 2.27. The predicted octanol–water partition coefficient (Wildman–Crippen LogP) is 3.07. The number of benzene rings is 1. The fraction of sp³-hybridized carbons (Fsp3) is 0.125. The van der Waals surface area contributed by atoms with Crippen LogP contribution in [0.15, 0.2) is 40.8 Å². The molecule has 0 saturated heterocycles. The summed E-state index contributed by atoms with van der Waals surface area (Å²) in [6.07, 6.45) is 0. The third-order valence-electron chi connectivity index (χ3n) is 3.58. The van der Waals surface area contributed by atoms with Crippen molar-refractivity contribution in [3.63, 3.8) is 0 Å². The van der Waals surface area contributed by atoms with Crippen LogP contribution in [0, 0.1) is 6.92 Å². The summed E-state index contributed by atoms with van der Waals surface area (Å²) in [5.74, 6) is 1.50.